The lowest BCUT2D eigenvalue weighted by Crippen LogP contribution is -1.81. The maximum absolute atomic E-state index is 11.7. The monoisotopic (exact) mass is 297 g/mol. The molecule has 0 fully saturated rings. The number of halogens is 4. The minimum atomic E-state index is -1.72. The highest BCUT2D eigenvalue weighted by atomic mass is 32.2. The maximum Gasteiger partial charge on any atom is 0.266 e. The van der Waals surface area contributed by atoms with Crippen LogP contribution >= 0.6 is 23.5 Å². The molecular formula is C11H11F4NS2. The summed E-state index contributed by atoms with van der Waals surface area (Å²) in [6.45, 7) is 0. The SMILES string of the molecule is N#CC=C(SCCC=C(F)F)SCCC=C(F)F. The van der Waals surface area contributed by atoms with Crippen LogP contribution in [0.3, 0.4) is 0 Å². The van der Waals surface area contributed by atoms with E-state index >= 15 is 0 Å². The zero-order valence-corrected chi connectivity index (χ0v) is 11.0. The normalized spacial score (nSPS) is 9.28. The first-order chi connectivity index (χ1) is 8.56. The minimum absolute atomic E-state index is 0.204. The Morgan fingerprint density at radius 3 is 1.72 bits per heavy atom. The average Bonchev–Trinajstić information content (AvgIpc) is 2.29. The Balaban J connectivity index is 3.95. The van der Waals surface area contributed by atoms with E-state index in [0.717, 1.165) is 12.2 Å². The van der Waals surface area contributed by atoms with Gasteiger partial charge in [0.1, 0.15) is 0 Å². The van der Waals surface area contributed by atoms with Crippen molar-refractivity contribution in [3.05, 3.63) is 34.6 Å². The fraction of sp³-hybridized carbons (Fsp3) is 0.364. The molecule has 0 aromatic rings. The number of nitrogens with zero attached hydrogens (tertiary/aromatic N) is 1. The van der Waals surface area contributed by atoms with Crippen molar-refractivity contribution in [2.75, 3.05) is 11.5 Å². The van der Waals surface area contributed by atoms with Gasteiger partial charge in [0.05, 0.1) is 10.3 Å². The molecule has 0 saturated heterocycles. The van der Waals surface area contributed by atoms with E-state index in [2.05, 4.69) is 0 Å². The molecule has 18 heavy (non-hydrogen) atoms. The summed E-state index contributed by atoms with van der Waals surface area (Å²) in [6.07, 6.45) is -0.133. The van der Waals surface area contributed by atoms with Crippen LogP contribution in [0.1, 0.15) is 12.8 Å². The topological polar surface area (TPSA) is 23.8 Å². The fourth-order valence-electron chi connectivity index (χ4n) is 0.833. The highest BCUT2D eigenvalue weighted by Crippen LogP contribution is 2.29. The van der Waals surface area contributed by atoms with Gasteiger partial charge in [-0.25, -0.2) is 0 Å². The summed E-state index contributed by atoms with van der Waals surface area (Å²) < 4.78 is 47.6. The van der Waals surface area contributed by atoms with Gasteiger partial charge >= 0.3 is 0 Å². The number of hydrogen-bond donors (Lipinski definition) is 0. The number of allylic oxidation sites excluding steroid dienone is 3. The number of nitriles is 1. The molecule has 0 radical (unpaired) electrons. The molecule has 0 atom stereocenters. The van der Waals surface area contributed by atoms with Gasteiger partial charge in [-0.15, -0.1) is 23.5 Å². The van der Waals surface area contributed by atoms with Crippen LogP contribution in [0.5, 0.6) is 0 Å². The van der Waals surface area contributed by atoms with Gasteiger partial charge in [-0.2, -0.15) is 22.8 Å². The Hall–Kier alpha value is -0.870. The first kappa shape index (κ1) is 17.1. The van der Waals surface area contributed by atoms with Crippen molar-refractivity contribution in [3.63, 3.8) is 0 Å². The van der Waals surface area contributed by atoms with Gasteiger partial charge in [-0.05, 0) is 25.0 Å². The van der Waals surface area contributed by atoms with Gasteiger partial charge in [0.25, 0.3) is 12.2 Å². The van der Waals surface area contributed by atoms with Crippen LogP contribution in [0, 0.1) is 11.3 Å². The fourth-order valence-corrected chi connectivity index (χ4v) is 2.81. The van der Waals surface area contributed by atoms with Gasteiger partial charge in [0, 0.05) is 17.6 Å². The average molecular weight is 297 g/mol. The molecule has 0 amide bonds. The molecule has 100 valence electrons. The van der Waals surface area contributed by atoms with Gasteiger partial charge in [-0.1, -0.05) is 0 Å². The lowest BCUT2D eigenvalue weighted by atomic mass is 10.5. The number of rotatable bonds is 8. The summed E-state index contributed by atoms with van der Waals surface area (Å²) in [5.74, 6) is 0.844. The van der Waals surface area contributed by atoms with Gasteiger partial charge in [0.15, 0.2) is 0 Å². The smallest absolute Gasteiger partial charge is 0.193 e. The van der Waals surface area contributed by atoms with Crippen molar-refractivity contribution in [3.8, 4) is 6.07 Å². The summed E-state index contributed by atoms with van der Waals surface area (Å²) in [4.78, 5) is 0. The van der Waals surface area contributed by atoms with Crippen LogP contribution in [0.2, 0.25) is 0 Å². The Morgan fingerprint density at radius 2 is 1.39 bits per heavy atom. The highest BCUT2D eigenvalue weighted by Gasteiger charge is 2.00. The van der Waals surface area contributed by atoms with Gasteiger partial charge < -0.3 is 0 Å². The zero-order valence-electron chi connectivity index (χ0n) is 9.34. The summed E-state index contributed by atoms with van der Waals surface area (Å²) in [7, 11) is 0. The summed E-state index contributed by atoms with van der Waals surface area (Å²) in [5, 5.41) is 8.51. The van der Waals surface area contributed by atoms with Crippen molar-refractivity contribution < 1.29 is 17.6 Å². The highest BCUT2D eigenvalue weighted by molar-refractivity contribution is 8.22. The van der Waals surface area contributed by atoms with Crippen LogP contribution in [0.15, 0.2) is 34.6 Å². The molecule has 0 aliphatic carbocycles. The minimum Gasteiger partial charge on any atom is -0.193 e. The molecule has 0 aliphatic heterocycles. The molecule has 0 rings (SSSR count). The molecule has 0 N–H and O–H groups in total. The molecule has 0 aliphatic rings. The standard InChI is InChI=1S/C11H11F4NS2/c12-9(13)3-1-7-17-11(5-6-16)18-8-2-4-10(14)15/h3-5H,1-2,7-8H2. The van der Waals surface area contributed by atoms with Crippen LogP contribution in [0.4, 0.5) is 17.6 Å². The van der Waals surface area contributed by atoms with Crippen LogP contribution < -0.4 is 0 Å². The summed E-state index contributed by atoms with van der Waals surface area (Å²) in [6, 6.07) is 1.84. The first-order valence-corrected chi connectivity index (χ1v) is 6.91. The summed E-state index contributed by atoms with van der Waals surface area (Å²) in [5.41, 5.74) is 0. The third-order valence-corrected chi connectivity index (χ3v) is 3.90. The molecule has 1 nitrogen and oxygen atoms in total. The molecule has 0 spiro atoms. The van der Waals surface area contributed by atoms with E-state index < -0.39 is 12.2 Å². The molecule has 0 saturated carbocycles. The second-order valence-electron chi connectivity index (χ2n) is 2.85. The van der Waals surface area contributed by atoms with E-state index in [-0.39, 0.29) is 12.8 Å². The quantitative estimate of drug-likeness (QED) is 0.351. The lowest BCUT2D eigenvalue weighted by molar-refractivity contribution is 0.417. The molecule has 0 aromatic heterocycles. The second kappa shape index (κ2) is 11.2. The lowest BCUT2D eigenvalue weighted by Gasteiger charge is -2.03. The molecule has 0 unspecified atom stereocenters. The third kappa shape index (κ3) is 11.6. The third-order valence-electron chi connectivity index (χ3n) is 1.50. The number of hydrogen-bond acceptors (Lipinski definition) is 3. The van der Waals surface area contributed by atoms with Crippen LogP contribution in [-0.4, -0.2) is 11.5 Å². The van der Waals surface area contributed by atoms with Gasteiger partial charge in [0.2, 0.25) is 0 Å². The largest absolute Gasteiger partial charge is 0.266 e. The van der Waals surface area contributed by atoms with Crippen molar-refractivity contribution >= 4 is 23.5 Å². The Bertz CT molecular complexity index is 338. The predicted molar refractivity (Wildman–Crippen MR) is 68.4 cm³/mol. The van der Waals surface area contributed by atoms with E-state index in [1.807, 2.05) is 6.07 Å². The van der Waals surface area contributed by atoms with Crippen LogP contribution in [0.25, 0.3) is 0 Å². The first-order valence-electron chi connectivity index (χ1n) is 4.94. The van der Waals surface area contributed by atoms with Crippen molar-refractivity contribution in [1.82, 2.24) is 0 Å². The molecule has 0 heterocycles. The zero-order chi connectivity index (χ0) is 13.8. The van der Waals surface area contributed by atoms with Crippen molar-refractivity contribution in [2.45, 2.75) is 12.8 Å². The number of thioether (sulfide) groups is 2. The molecule has 7 heteroatoms. The Kier molecular flexibility index (Phi) is 10.7. The second-order valence-corrected chi connectivity index (χ2v) is 5.39. The summed E-state index contributed by atoms with van der Waals surface area (Å²) >= 11 is 2.52. The Morgan fingerprint density at radius 1 is 0.944 bits per heavy atom. The van der Waals surface area contributed by atoms with E-state index in [4.69, 9.17) is 5.26 Å². The molecule has 0 aromatic carbocycles. The van der Waals surface area contributed by atoms with E-state index in [9.17, 15) is 17.6 Å². The van der Waals surface area contributed by atoms with Crippen LogP contribution in [-0.2, 0) is 0 Å². The van der Waals surface area contributed by atoms with E-state index in [1.165, 1.54) is 29.6 Å². The predicted octanol–water partition coefficient (Wildman–Crippen LogP) is 5.16. The van der Waals surface area contributed by atoms with Gasteiger partial charge in [-0.3, -0.25) is 0 Å². The van der Waals surface area contributed by atoms with Crippen molar-refractivity contribution in [1.29, 1.82) is 5.26 Å². The van der Waals surface area contributed by atoms with E-state index in [1.54, 1.807) is 0 Å². The van der Waals surface area contributed by atoms with E-state index in [0.29, 0.717) is 15.7 Å². The Labute approximate surface area is 112 Å². The molecular weight excluding hydrogens is 286 g/mol. The van der Waals surface area contributed by atoms with Crippen molar-refractivity contribution in [2.24, 2.45) is 0 Å². The maximum atomic E-state index is 11.7. The molecule has 0 bridgehead atoms.